The number of halogens is 2. The molecule has 1 aromatic carbocycles. The molecule has 0 aromatic heterocycles. The molecule has 4 aliphatic rings. The van der Waals surface area contributed by atoms with Crippen LogP contribution in [0.3, 0.4) is 0 Å². The van der Waals surface area contributed by atoms with Crippen LogP contribution in [0.4, 0.5) is 0 Å². The molecule has 160 valence electrons. The van der Waals surface area contributed by atoms with Crippen LogP contribution in [0.1, 0.15) is 31.2 Å². The molecule has 5 rings (SSSR count). The molecule has 3 heterocycles. The Hall–Kier alpha value is -2.57. The molecular formula is C23H22Cl2N4O2. The molecule has 1 spiro atoms. The van der Waals surface area contributed by atoms with Crippen LogP contribution in [0, 0.1) is 5.41 Å². The molecule has 3 aliphatic heterocycles. The number of allylic oxidation sites excluding steroid dienone is 2. The highest BCUT2D eigenvalue weighted by Gasteiger charge is 2.65. The van der Waals surface area contributed by atoms with Crippen LogP contribution in [0.15, 0.2) is 64.3 Å². The van der Waals surface area contributed by atoms with Gasteiger partial charge in [-0.15, -0.1) is 0 Å². The molecule has 2 fully saturated rings. The Morgan fingerprint density at radius 1 is 1.26 bits per heavy atom. The lowest BCUT2D eigenvalue weighted by molar-refractivity contribution is -0.132. The van der Waals surface area contributed by atoms with E-state index in [1.54, 1.807) is 0 Å². The molecule has 2 amide bonds. The van der Waals surface area contributed by atoms with Crippen molar-refractivity contribution in [1.82, 2.24) is 15.6 Å². The Labute approximate surface area is 190 Å². The number of fused-ring (bicyclic) bond motifs is 3. The first kappa shape index (κ1) is 20.3. The summed E-state index contributed by atoms with van der Waals surface area (Å²) in [6.45, 7) is 6.28. The zero-order chi connectivity index (χ0) is 21.9. The van der Waals surface area contributed by atoms with E-state index in [1.165, 1.54) is 0 Å². The van der Waals surface area contributed by atoms with Crippen molar-refractivity contribution >= 4 is 40.9 Å². The van der Waals surface area contributed by atoms with Crippen molar-refractivity contribution in [2.24, 2.45) is 10.5 Å². The summed E-state index contributed by atoms with van der Waals surface area (Å²) in [5, 5.41) is 8.83. The summed E-state index contributed by atoms with van der Waals surface area (Å²) in [7, 11) is 0. The largest absolute Gasteiger partial charge is 0.348 e. The highest BCUT2D eigenvalue weighted by molar-refractivity contribution is 6.30. The number of hydrazone groups is 1. The van der Waals surface area contributed by atoms with Gasteiger partial charge in [0.15, 0.2) is 0 Å². The first-order valence-corrected chi connectivity index (χ1v) is 11.0. The van der Waals surface area contributed by atoms with E-state index < -0.39 is 11.5 Å². The van der Waals surface area contributed by atoms with E-state index in [-0.39, 0.29) is 30.3 Å². The first-order chi connectivity index (χ1) is 14.8. The van der Waals surface area contributed by atoms with Gasteiger partial charge in [-0.1, -0.05) is 53.6 Å². The van der Waals surface area contributed by atoms with Gasteiger partial charge in [0.25, 0.3) is 5.91 Å². The van der Waals surface area contributed by atoms with Gasteiger partial charge in [0.05, 0.1) is 12.1 Å². The predicted molar refractivity (Wildman–Crippen MR) is 121 cm³/mol. The number of carbonyl (C=O) groups is 2. The van der Waals surface area contributed by atoms with Gasteiger partial charge in [0, 0.05) is 28.8 Å². The number of hydrogen-bond acceptors (Lipinski definition) is 4. The van der Waals surface area contributed by atoms with Crippen molar-refractivity contribution < 1.29 is 9.59 Å². The van der Waals surface area contributed by atoms with Crippen LogP contribution in [0.2, 0.25) is 5.02 Å². The Bertz CT molecular complexity index is 1110. The van der Waals surface area contributed by atoms with Crippen LogP contribution < -0.4 is 10.7 Å². The number of nitrogens with one attached hydrogen (secondary N) is 2. The smallest absolute Gasteiger partial charge is 0.259 e. The minimum atomic E-state index is -0.952. The third-order valence-electron chi connectivity index (χ3n) is 6.73. The summed E-state index contributed by atoms with van der Waals surface area (Å²) in [6.07, 6.45) is 4.87. The van der Waals surface area contributed by atoms with E-state index in [0.29, 0.717) is 22.9 Å². The van der Waals surface area contributed by atoms with E-state index in [0.717, 1.165) is 22.5 Å². The molecule has 31 heavy (non-hydrogen) atoms. The van der Waals surface area contributed by atoms with Gasteiger partial charge in [0.1, 0.15) is 17.8 Å². The maximum atomic E-state index is 13.9. The lowest BCUT2D eigenvalue weighted by Gasteiger charge is -2.54. The second-order valence-corrected chi connectivity index (χ2v) is 9.51. The highest BCUT2D eigenvalue weighted by Crippen LogP contribution is 2.58. The Morgan fingerprint density at radius 3 is 2.81 bits per heavy atom. The maximum Gasteiger partial charge on any atom is 0.259 e. The number of rotatable bonds is 2. The summed E-state index contributed by atoms with van der Waals surface area (Å²) in [5.41, 5.74) is 4.36. The summed E-state index contributed by atoms with van der Waals surface area (Å²) < 4.78 is 0. The zero-order valence-corrected chi connectivity index (χ0v) is 18.5. The zero-order valence-electron chi connectivity index (χ0n) is 17.0. The predicted octanol–water partition coefficient (Wildman–Crippen LogP) is 3.45. The van der Waals surface area contributed by atoms with Crippen molar-refractivity contribution in [3.63, 3.8) is 0 Å². The second-order valence-electron chi connectivity index (χ2n) is 8.59. The fourth-order valence-electron chi connectivity index (χ4n) is 5.69. The minimum absolute atomic E-state index is 0.0773. The third kappa shape index (κ3) is 2.96. The van der Waals surface area contributed by atoms with Gasteiger partial charge in [-0.25, -0.2) is 5.43 Å². The molecule has 2 N–H and O–H groups in total. The molecule has 0 radical (unpaired) electrons. The van der Waals surface area contributed by atoms with Gasteiger partial charge in [-0.05, 0) is 36.3 Å². The van der Waals surface area contributed by atoms with Crippen molar-refractivity contribution in [2.75, 3.05) is 6.54 Å². The second kappa shape index (κ2) is 7.24. The van der Waals surface area contributed by atoms with Crippen LogP contribution in [-0.4, -0.2) is 41.2 Å². The van der Waals surface area contributed by atoms with E-state index in [4.69, 9.17) is 23.2 Å². The maximum absolute atomic E-state index is 13.9. The van der Waals surface area contributed by atoms with Crippen LogP contribution in [-0.2, 0) is 9.59 Å². The first-order valence-electron chi connectivity index (χ1n) is 10.2. The van der Waals surface area contributed by atoms with Crippen molar-refractivity contribution in [1.29, 1.82) is 0 Å². The minimum Gasteiger partial charge on any atom is -0.348 e. The number of nitrogens with zero attached hydrogens (tertiary/aromatic N) is 2. The van der Waals surface area contributed by atoms with Gasteiger partial charge in [-0.2, -0.15) is 5.10 Å². The monoisotopic (exact) mass is 456 g/mol. The van der Waals surface area contributed by atoms with Gasteiger partial charge in [-0.3, -0.25) is 9.59 Å². The number of amidine groups is 1. The average molecular weight is 457 g/mol. The number of benzene rings is 1. The SMILES string of the molecule is C=C(C)[C@@H]1N2CC(=O)NN=C2C[C@H](c2cccc(Cl)c2)[C@]12C(=O)NC1CC(Cl)=CC=C12. The Balaban J connectivity index is 1.79. The summed E-state index contributed by atoms with van der Waals surface area (Å²) in [6, 6.07) is 7.00. The number of piperidine rings is 1. The Morgan fingerprint density at radius 2 is 2.06 bits per heavy atom. The van der Waals surface area contributed by atoms with E-state index in [9.17, 15) is 9.59 Å². The fraction of sp³-hybridized carbons (Fsp3) is 0.348. The summed E-state index contributed by atoms with van der Waals surface area (Å²) in [5.74, 6) is 0.220. The van der Waals surface area contributed by atoms with Gasteiger partial charge < -0.3 is 10.2 Å². The van der Waals surface area contributed by atoms with Crippen molar-refractivity contribution in [3.05, 3.63) is 69.8 Å². The van der Waals surface area contributed by atoms with Crippen LogP contribution in [0.5, 0.6) is 0 Å². The topological polar surface area (TPSA) is 73.8 Å². The van der Waals surface area contributed by atoms with E-state index in [1.807, 2.05) is 48.2 Å². The van der Waals surface area contributed by atoms with E-state index in [2.05, 4.69) is 22.4 Å². The molecule has 1 unspecified atom stereocenters. The van der Waals surface area contributed by atoms with Gasteiger partial charge in [0.2, 0.25) is 5.91 Å². The molecule has 6 nitrogen and oxygen atoms in total. The quantitative estimate of drug-likeness (QED) is 0.669. The van der Waals surface area contributed by atoms with Crippen molar-refractivity contribution in [3.8, 4) is 0 Å². The lowest BCUT2D eigenvalue weighted by atomic mass is 9.57. The number of carbonyl (C=O) groups excluding carboxylic acids is 2. The van der Waals surface area contributed by atoms with Crippen LogP contribution in [0.25, 0.3) is 0 Å². The molecule has 8 heteroatoms. The average Bonchev–Trinajstić information content (AvgIpc) is 2.98. The van der Waals surface area contributed by atoms with Gasteiger partial charge >= 0.3 is 0 Å². The molecule has 1 aromatic rings. The molecule has 0 bridgehead atoms. The molecule has 4 atom stereocenters. The summed E-state index contributed by atoms with van der Waals surface area (Å²) in [4.78, 5) is 28.1. The standard InChI is InChI=1S/C23H22Cl2N4O2/c1-12(2)21-23(16-7-6-15(25)9-18(16)26-22(23)31)17(13-4-3-5-14(24)8-13)10-19-27-28-20(30)11-29(19)21/h3-8,17-18,21H,1,9-11H2,2H3,(H,26,31)(H,28,30)/t17-,18?,21+,23+/m1/s1. The normalized spacial score (nSPS) is 31.8. The third-order valence-corrected chi connectivity index (χ3v) is 7.24. The molecule has 0 saturated carbocycles. The summed E-state index contributed by atoms with van der Waals surface area (Å²) >= 11 is 12.7. The Kier molecular flexibility index (Phi) is 4.75. The van der Waals surface area contributed by atoms with E-state index >= 15 is 0 Å². The molecular weight excluding hydrogens is 435 g/mol. The fourth-order valence-corrected chi connectivity index (χ4v) is 6.10. The number of amides is 2. The van der Waals surface area contributed by atoms with Crippen molar-refractivity contribution in [2.45, 2.75) is 37.8 Å². The number of hydrogen-bond donors (Lipinski definition) is 2. The van der Waals surface area contributed by atoms with Crippen LogP contribution >= 0.6 is 23.2 Å². The molecule has 1 aliphatic carbocycles. The molecule has 2 saturated heterocycles. The highest BCUT2D eigenvalue weighted by atomic mass is 35.5. The lowest BCUT2D eigenvalue weighted by Crippen LogP contribution is -2.64.